The number of carbonyl (C=O) groups is 2. The summed E-state index contributed by atoms with van der Waals surface area (Å²) in [5.74, 6) is -1.37. The second-order valence-corrected chi connectivity index (χ2v) is 11.8. The average Bonchev–Trinajstić information content (AvgIpc) is 2.82. The second kappa shape index (κ2) is 12.3. The molecule has 1 atom stereocenters. The van der Waals surface area contributed by atoms with Crippen molar-refractivity contribution in [3.63, 3.8) is 0 Å². The minimum Gasteiger partial charge on any atom is -0.352 e. The maximum atomic E-state index is 13.6. The van der Waals surface area contributed by atoms with Crippen molar-refractivity contribution < 1.29 is 22.4 Å². The molecule has 2 aromatic carbocycles. The van der Waals surface area contributed by atoms with E-state index in [1.807, 2.05) is 0 Å². The van der Waals surface area contributed by atoms with Crippen LogP contribution in [-0.4, -0.2) is 50.0 Å². The molecule has 0 bridgehead atoms. The molecule has 7 nitrogen and oxygen atoms in total. The minimum absolute atomic E-state index is 0.00960. The molecule has 1 aliphatic carbocycles. The molecular formula is C25H30Cl2FN3O4S. The Balaban J connectivity index is 1.88. The molecule has 2 aromatic rings. The number of nitrogens with zero attached hydrogens (tertiary/aromatic N) is 2. The first-order chi connectivity index (χ1) is 17.0. The van der Waals surface area contributed by atoms with Crippen molar-refractivity contribution in [2.75, 3.05) is 17.1 Å². The van der Waals surface area contributed by atoms with E-state index in [-0.39, 0.29) is 29.2 Å². The zero-order valence-electron chi connectivity index (χ0n) is 20.2. The highest BCUT2D eigenvalue weighted by molar-refractivity contribution is 7.92. The van der Waals surface area contributed by atoms with E-state index in [0.29, 0.717) is 10.6 Å². The van der Waals surface area contributed by atoms with Crippen LogP contribution < -0.4 is 9.62 Å². The molecule has 11 heteroatoms. The van der Waals surface area contributed by atoms with Crippen LogP contribution in [0.2, 0.25) is 10.0 Å². The smallest absolute Gasteiger partial charge is 0.244 e. The zero-order valence-corrected chi connectivity index (χ0v) is 22.5. The fourth-order valence-electron chi connectivity index (χ4n) is 4.22. The summed E-state index contributed by atoms with van der Waals surface area (Å²) < 4.78 is 39.6. The van der Waals surface area contributed by atoms with Crippen LogP contribution in [0.4, 0.5) is 10.1 Å². The van der Waals surface area contributed by atoms with Crippen LogP contribution in [0, 0.1) is 5.82 Å². The molecule has 1 aliphatic rings. The van der Waals surface area contributed by atoms with E-state index in [4.69, 9.17) is 23.2 Å². The summed E-state index contributed by atoms with van der Waals surface area (Å²) >= 11 is 12.2. The van der Waals surface area contributed by atoms with Gasteiger partial charge in [-0.05, 0) is 55.7 Å². The maximum Gasteiger partial charge on any atom is 0.244 e. The largest absolute Gasteiger partial charge is 0.352 e. The van der Waals surface area contributed by atoms with Gasteiger partial charge in [0.1, 0.15) is 18.4 Å². The van der Waals surface area contributed by atoms with Gasteiger partial charge in [-0.15, -0.1) is 0 Å². The molecule has 0 unspecified atom stereocenters. The van der Waals surface area contributed by atoms with Crippen molar-refractivity contribution in [3.05, 3.63) is 63.9 Å². The van der Waals surface area contributed by atoms with Crippen LogP contribution in [0.25, 0.3) is 0 Å². The lowest BCUT2D eigenvalue weighted by Gasteiger charge is -2.33. The summed E-state index contributed by atoms with van der Waals surface area (Å²) in [6, 6.07) is 8.99. The predicted octanol–water partition coefficient (Wildman–Crippen LogP) is 4.76. The van der Waals surface area contributed by atoms with Gasteiger partial charge in [-0.25, -0.2) is 12.8 Å². The number of amides is 2. The Morgan fingerprint density at radius 3 is 2.31 bits per heavy atom. The Hall–Kier alpha value is -2.36. The minimum atomic E-state index is -3.92. The van der Waals surface area contributed by atoms with E-state index >= 15 is 0 Å². The van der Waals surface area contributed by atoms with Gasteiger partial charge < -0.3 is 10.2 Å². The number of rotatable bonds is 9. The van der Waals surface area contributed by atoms with Gasteiger partial charge in [0.05, 0.1) is 17.0 Å². The average molecular weight is 559 g/mol. The Bertz CT molecular complexity index is 1190. The Labute approximate surface area is 221 Å². The molecule has 0 aromatic heterocycles. The van der Waals surface area contributed by atoms with Gasteiger partial charge in [0.15, 0.2) is 0 Å². The molecule has 0 heterocycles. The molecule has 3 rings (SSSR count). The molecule has 196 valence electrons. The standard InChI is InChI=1S/C25H30Cl2FN3O4S/c1-17(25(33)29-21-6-4-3-5-7-21)30(15-18-8-11-20(28)12-9-18)24(32)16-31(36(2,34)35)23-13-10-19(26)14-22(23)27/h8-14,17,21H,3-7,15-16H2,1-2H3,(H,29,33)/t17-/m1/s1. The summed E-state index contributed by atoms with van der Waals surface area (Å²) in [7, 11) is -3.92. The molecule has 0 radical (unpaired) electrons. The van der Waals surface area contributed by atoms with Crippen LogP contribution in [0.3, 0.4) is 0 Å². The highest BCUT2D eigenvalue weighted by atomic mass is 35.5. The topological polar surface area (TPSA) is 86.8 Å². The van der Waals surface area contributed by atoms with Crippen molar-refractivity contribution in [1.82, 2.24) is 10.2 Å². The molecule has 2 amide bonds. The van der Waals surface area contributed by atoms with Gasteiger partial charge in [0.2, 0.25) is 21.8 Å². The van der Waals surface area contributed by atoms with Gasteiger partial charge in [-0.1, -0.05) is 54.6 Å². The highest BCUT2D eigenvalue weighted by Crippen LogP contribution is 2.30. The molecule has 1 N–H and O–H groups in total. The van der Waals surface area contributed by atoms with Gasteiger partial charge >= 0.3 is 0 Å². The summed E-state index contributed by atoms with van der Waals surface area (Å²) in [6.07, 6.45) is 5.91. The Morgan fingerprint density at radius 1 is 1.08 bits per heavy atom. The van der Waals surface area contributed by atoms with Crippen molar-refractivity contribution in [1.29, 1.82) is 0 Å². The van der Waals surface area contributed by atoms with Gasteiger partial charge in [0.25, 0.3) is 0 Å². The van der Waals surface area contributed by atoms with Crippen LogP contribution in [0.5, 0.6) is 0 Å². The van der Waals surface area contributed by atoms with Crippen molar-refractivity contribution in [2.45, 2.75) is 57.7 Å². The zero-order chi connectivity index (χ0) is 26.5. The SMILES string of the molecule is C[C@H](C(=O)NC1CCCCC1)N(Cc1ccc(F)cc1)C(=O)CN(c1ccc(Cl)cc1Cl)S(C)(=O)=O. The van der Waals surface area contributed by atoms with Crippen LogP contribution in [0.1, 0.15) is 44.6 Å². The van der Waals surface area contributed by atoms with E-state index in [2.05, 4.69) is 5.32 Å². The van der Waals surface area contributed by atoms with E-state index in [1.165, 1.54) is 47.4 Å². The number of hydrogen-bond acceptors (Lipinski definition) is 4. The van der Waals surface area contributed by atoms with Gasteiger partial charge in [0, 0.05) is 17.6 Å². The van der Waals surface area contributed by atoms with Crippen LogP contribution >= 0.6 is 23.2 Å². The van der Waals surface area contributed by atoms with E-state index in [0.717, 1.165) is 42.7 Å². The summed E-state index contributed by atoms with van der Waals surface area (Å²) in [4.78, 5) is 28.0. The number of halogens is 3. The summed E-state index contributed by atoms with van der Waals surface area (Å²) in [5, 5.41) is 3.40. The number of hydrogen-bond donors (Lipinski definition) is 1. The molecule has 0 spiro atoms. The third-order valence-corrected chi connectivity index (χ3v) is 7.91. The van der Waals surface area contributed by atoms with E-state index in [9.17, 15) is 22.4 Å². The van der Waals surface area contributed by atoms with E-state index < -0.39 is 34.3 Å². The van der Waals surface area contributed by atoms with Crippen molar-refractivity contribution in [3.8, 4) is 0 Å². The highest BCUT2D eigenvalue weighted by Gasteiger charge is 2.31. The molecule has 0 saturated heterocycles. The Kier molecular flexibility index (Phi) is 9.60. The third kappa shape index (κ3) is 7.57. The quantitative estimate of drug-likeness (QED) is 0.481. The molecule has 0 aliphatic heterocycles. The predicted molar refractivity (Wildman–Crippen MR) is 140 cm³/mol. The lowest BCUT2D eigenvalue weighted by atomic mass is 9.95. The summed E-state index contributed by atoms with van der Waals surface area (Å²) in [5.41, 5.74) is 0.690. The second-order valence-electron chi connectivity index (χ2n) is 9.03. The number of nitrogens with one attached hydrogen (secondary N) is 1. The molecule has 36 heavy (non-hydrogen) atoms. The van der Waals surface area contributed by atoms with Crippen LogP contribution in [0.15, 0.2) is 42.5 Å². The lowest BCUT2D eigenvalue weighted by molar-refractivity contribution is -0.139. The van der Waals surface area contributed by atoms with E-state index in [1.54, 1.807) is 6.92 Å². The normalized spacial score (nSPS) is 15.2. The number of benzene rings is 2. The molecular weight excluding hydrogens is 528 g/mol. The first kappa shape index (κ1) is 28.2. The van der Waals surface area contributed by atoms with Crippen molar-refractivity contribution in [2.24, 2.45) is 0 Å². The van der Waals surface area contributed by atoms with Crippen molar-refractivity contribution >= 4 is 50.7 Å². The lowest BCUT2D eigenvalue weighted by Crippen LogP contribution is -2.53. The van der Waals surface area contributed by atoms with Gasteiger partial charge in [-0.2, -0.15) is 0 Å². The number of sulfonamides is 1. The monoisotopic (exact) mass is 557 g/mol. The molecule has 1 fully saturated rings. The van der Waals surface area contributed by atoms with Crippen LogP contribution in [-0.2, 0) is 26.2 Å². The molecule has 1 saturated carbocycles. The fraction of sp³-hybridized carbons (Fsp3) is 0.440. The van der Waals surface area contributed by atoms with Gasteiger partial charge in [-0.3, -0.25) is 13.9 Å². The third-order valence-electron chi connectivity index (χ3n) is 6.24. The fourth-order valence-corrected chi connectivity index (χ4v) is 5.64. The number of carbonyl (C=O) groups excluding carboxylic acids is 2. The number of anilines is 1. The Morgan fingerprint density at radius 2 is 1.72 bits per heavy atom. The first-order valence-electron chi connectivity index (χ1n) is 11.7. The summed E-state index contributed by atoms with van der Waals surface area (Å²) in [6.45, 7) is 1.01. The first-order valence-corrected chi connectivity index (χ1v) is 14.3. The maximum absolute atomic E-state index is 13.6.